The Morgan fingerprint density at radius 2 is 2.00 bits per heavy atom. The average Bonchev–Trinajstić information content (AvgIpc) is 3.25. The number of aromatic nitrogens is 1. The van der Waals surface area contributed by atoms with E-state index in [0.717, 1.165) is 23.3 Å². The largest absolute Gasteiger partial charge is 0.490 e. The van der Waals surface area contributed by atoms with E-state index in [-0.39, 0.29) is 12.0 Å². The predicted molar refractivity (Wildman–Crippen MR) is 98.1 cm³/mol. The number of ether oxygens (including phenoxy) is 1. The van der Waals surface area contributed by atoms with E-state index in [9.17, 15) is 4.79 Å². The van der Waals surface area contributed by atoms with Crippen molar-refractivity contribution in [1.29, 1.82) is 0 Å². The van der Waals surface area contributed by atoms with Crippen LogP contribution in [0.2, 0.25) is 0 Å². The molecule has 132 valence electrons. The molecule has 1 aromatic heterocycles. The minimum Gasteiger partial charge on any atom is -0.490 e. The van der Waals surface area contributed by atoms with Crippen molar-refractivity contribution in [2.45, 2.75) is 32.9 Å². The fourth-order valence-electron chi connectivity index (χ4n) is 3.08. The van der Waals surface area contributed by atoms with Crippen molar-refractivity contribution in [2.75, 3.05) is 0 Å². The Kier molecular flexibility index (Phi) is 4.21. The third-order valence-electron chi connectivity index (χ3n) is 4.48. The lowest BCUT2D eigenvalue weighted by molar-refractivity contribution is 0.0950. The van der Waals surface area contributed by atoms with Gasteiger partial charge in [-0.3, -0.25) is 4.79 Å². The third kappa shape index (κ3) is 3.33. The summed E-state index contributed by atoms with van der Waals surface area (Å²) in [4.78, 5) is 12.2. The van der Waals surface area contributed by atoms with Crippen LogP contribution in [0.5, 0.6) is 5.75 Å². The monoisotopic (exact) mass is 348 g/mol. The Morgan fingerprint density at radius 1 is 1.19 bits per heavy atom. The molecule has 0 aliphatic carbocycles. The highest BCUT2D eigenvalue weighted by Crippen LogP contribution is 2.33. The molecular formula is C21H20N2O3. The molecule has 0 saturated carbocycles. The summed E-state index contributed by atoms with van der Waals surface area (Å²) in [6.45, 7) is 4.37. The first-order chi connectivity index (χ1) is 12.6. The molecule has 1 aliphatic rings. The van der Waals surface area contributed by atoms with Crippen molar-refractivity contribution in [1.82, 2.24) is 10.5 Å². The number of fused-ring (bicyclic) bond motifs is 1. The summed E-state index contributed by atoms with van der Waals surface area (Å²) in [6.07, 6.45) is 1.11. The van der Waals surface area contributed by atoms with Crippen molar-refractivity contribution < 1.29 is 14.1 Å². The number of nitrogens with zero attached hydrogens (tertiary/aromatic N) is 1. The number of hydrogen-bond donors (Lipinski definition) is 1. The third-order valence-corrected chi connectivity index (χ3v) is 4.48. The van der Waals surface area contributed by atoms with E-state index in [1.165, 1.54) is 5.56 Å². The molecule has 2 heterocycles. The van der Waals surface area contributed by atoms with E-state index in [4.69, 9.17) is 9.26 Å². The standard InChI is InChI=1S/C21H20N2O3/c1-13-3-5-15(6-4-13)21(24)22-12-18-11-20(26-23-18)16-7-8-19-17(10-16)9-14(2)25-19/h3-8,10-11,14H,9,12H2,1-2H3,(H,22,24). The first kappa shape index (κ1) is 16.4. The van der Waals surface area contributed by atoms with Crippen molar-refractivity contribution in [3.8, 4) is 17.1 Å². The second kappa shape index (κ2) is 6.67. The summed E-state index contributed by atoms with van der Waals surface area (Å²) in [6, 6.07) is 15.3. The molecule has 1 unspecified atom stereocenters. The molecular weight excluding hydrogens is 328 g/mol. The van der Waals surface area contributed by atoms with Gasteiger partial charge in [0.25, 0.3) is 5.91 Å². The number of rotatable bonds is 4. The van der Waals surface area contributed by atoms with E-state index in [1.807, 2.05) is 49.4 Å². The highest BCUT2D eigenvalue weighted by Gasteiger charge is 2.20. The molecule has 4 rings (SSSR count). The van der Waals surface area contributed by atoms with Gasteiger partial charge in [0.05, 0.1) is 6.54 Å². The maximum absolute atomic E-state index is 12.2. The molecule has 26 heavy (non-hydrogen) atoms. The molecule has 2 aromatic carbocycles. The van der Waals surface area contributed by atoms with Gasteiger partial charge < -0.3 is 14.6 Å². The number of carbonyl (C=O) groups is 1. The lowest BCUT2D eigenvalue weighted by Crippen LogP contribution is -2.22. The molecule has 3 aromatic rings. The number of nitrogens with one attached hydrogen (secondary N) is 1. The summed E-state index contributed by atoms with van der Waals surface area (Å²) in [5.41, 5.74) is 4.58. The number of amides is 1. The first-order valence-corrected chi connectivity index (χ1v) is 8.69. The fraction of sp³-hybridized carbons (Fsp3) is 0.238. The van der Waals surface area contributed by atoms with Crippen LogP contribution in [-0.4, -0.2) is 17.2 Å². The van der Waals surface area contributed by atoms with Gasteiger partial charge in [0.15, 0.2) is 5.76 Å². The SMILES string of the molecule is Cc1ccc(C(=O)NCc2cc(-c3ccc4c(c3)CC(C)O4)on2)cc1. The van der Waals surface area contributed by atoms with Gasteiger partial charge in [0.1, 0.15) is 17.5 Å². The smallest absolute Gasteiger partial charge is 0.251 e. The zero-order chi connectivity index (χ0) is 18.1. The van der Waals surface area contributed by atoms with E-state index in [0.29, 0.717) is 23.6 Å². The molecule has 1 aliphatic heterocycles. The minimum absolute atomic E-state index is 0.127. The Labute approximate surface area is 152 Å². The molecule has 1 N–H and O–H groups in total. The number of aryl methyl sites for hydroxylation is 1. The Balaban J connectivity index is 1.43. The molecule has 0 fully saturated rings. The minimum atomic E-state index is -0.127. The normalized spacial score (nSPS) is 15.4. The lowest BCUT2D eigenvalue weighted by Gasteiger charge is -2.03. The van der Waals surface area contributed by atoms with Crippen LogP contribution >= 0.6 is 0 Å². The second-order valence-electron chi connectivity index (χ2n) is 6.69. The number of benzene rings is 2. The van der Waals surface area contributed by atoms with Crippen LogP contribution in [-0.2, 0) is 13.0 Å². The van der Waals surface area contributed by atoms with Gasteiger partial charge in [-0.25, -0.2) is 0 Å². The molecule has 1 amide bonds. The quantitative estimate of drug-likeness (QED) is 0.776. The molecule has 0 bridgehead atoms. The van der Waals surface area contributed by atoms with Gasteiger partial charge in [0, 0.05) is 23.6 Å². The van der Waals surface area contributed by atoms with Crippen LogP contribution in [0, 0.1) is 6.92 Å². The second-order valence-corrected chi connectivity index (χ2v) is 6.69. The van der Waals surface area contributed by atoms with Crippen molar-refractivity contribution >= 4 is 5.91 Å². The van der Waals surface area contributed by atoms with Crippen LogP contribution in [0.25, 0.3) is 11.3 Å². The van der Waals surface area contributed by atoms with Gasteiger partial charge >= 0.3 is 0 Å². The van der Waals surface area contributed by atoms with E-state index in [1.54, 1.807) is 0 Å². The van der Waals surface area contributed by atoms with E-state index >= 15 is 0 Å². The van der Waals surface area contributed by atoms with Gasteiger partial charge in [-0.15, -0.1) is 0 Å². The molecule has 5 nitrogen and oxygen atoms in total. The summed E-state index contributed by atoms with van der Waals surface area (Å²) < 4.78 is 11.2. The van der Waals surface area contributed by atoms with Gasteiger partial charge in [-0.05, 0) is 49.7 Å². The molecule has 5 heteroatoms. The van der Waals surface area contributed by atoms with Crippen LogP contribution in [0.1, 0.15) is 34.1 Å². The van der Waals surface area contributed by atoms with Crippen LogP contribution in [0.4, 0.5) is 0 Å². The van der Waals surface area contributed by atoms with Crippen LogP contribution in [0.3, 0.4) is 0 Å². The van der Waals surface area contributed by atoms with Crippen molar-refractivity contribution in [2.24, 2.45) is 0 Å². The highest BCUT2D eigenvalue weighted by molar-refractivity contribution is 5.94. The predicted octanol–water partition coefficient (Wildman–Crippen LogP) is 3.90. The Hall–Kier alpha value is -3.08. The summed E-state index contributed by atoms with van der Waals surface area (Å²) in [5.74, 6) is 1.50. The maximum atomic E-state index is 12.2. The first-order valence-electron chi connectivity index (χ1n) is 8.69. The van der Waals surface area contributed by atoms with Gasteiger partial charge in [0.2, 0.25) is 0 Å². The zero-order valence-electron chi connectivity index (χ0n) is 14.8. The molecule has 0 radical (unpaired) electrons. The fourth-order valence-corrected chi connectivity index (χ4v) is 3.08. The maximum Gasteiger partial charge on any atom is 0.251 e. The highest BCUT2D eigenvalue weighted by atomic mass is 16.5. The summed E-state index contributed by atoms with van der Waals surface area (Å²) >= 11 is 0. The van der Waals surface area contributed by atoms with Crippen molar-refractivity contribution in [3.05, 3.63) is 70.9 Å². The Morgan fingerprint density at radius 3 is 2.81 bits per heavy atom. The van der Waals surface area contributed by atoms with Crippen LogP contribution < -0.4 is 10.1 Å². The lowest BCUT2D eigenvalue weighted by atomic mass is 10.1. The van der Waals surface area contributed by atoms with E-state index < -0.39 is 0 Å². The molecule has 0 saturated heterocycles. The summed E-state index contributed by atoms with van der Waals surface area (Å²) in [5, 5.41) is 6.93. The molecule has 1 atom stereocenters. The van der Waals surface area contributed by atoms with Crippen LogP contribution in [0.15, 0.2) is 53.1 Å². The van der Waals surface area contributed by atoms with Gasteiger partial charge in [-0.2, -0.15) is 0 Å². The van der Waals surface area contributed by atoms with Gasteiger partial charge in [-0.1, -0.05) is 22.9 Å². The van der Waals surface area contributed by atoms with Crippen molar-refractivity contribution in [3.63, 3.8) is 0 Å². The van der Waals surface area contributed by atoms with E-state index in [2.05, 4.69) is 23.5 Å². The molecule has 0 spiro atoms. The topological polar surface area (TPSA) is 64.4 Å². The number of carbonyl (C=O) groups excluding carboxylic acids is 1. The summed E-state index contributed by atoms with van der Waals surface area (Å²) in [7, 11) is 0. The Bertz CT molecular complexity index is 944. The average molecular weight is 348 g/mol. The number of hydrogen-bond acceptors (Lipinski definition) is 4. The zero-order valence-corrected chi connectivity index (χ0v) is 14.8.